The number of ether oxygens (including phenoxy) is 2. The third-order valence-electron chi connectivity index (χ3n) is 4.85. The lowest BCUT2D eigenvalue weighted by Gasteiger charge is -2.36. The maximum Gasteiger partial charge on any atom is 0.338 e. The van der Waals surface area contributed by atoms with Gasteiger partial charge in [0.25, 0.3) is 5.91 Å². The number of morpholine rings is 1. The van der Waals surface area contributed by atoms with Crippen LogP contribution in [0, 0.1) is 0 Å². The molecule has 1 aromatic rings. The fourth-order valence-corrected chi connectivity index (χ4v) is 5.38. The van der Waals surface area contributed by atoms with Crippen molar-refractivity contribution in [3.8, 4) is 0 Å². The summed E-state index contributed by atoms with van der Waals surface area (Å²) < 4.78 is 37.8. The van der Waals surface area contributed by atoms with Gasteiger partial charge in [0.2, 0.25) is 10.0 Å². The molecular weight excluding hydrogens is 432 g/mol. The molecule has 1 heterocycles. The predicted octanol–water partition coefficient (Wildman–Crippen LogP) is 2.55. The average molecular weight is 461 g/mol. The molecule has 8 nitrogen and oxygen atoms in total. The minimum absolute atomic E-state index is 0.00787. The van der Waals surface area contributed by atoms with Crippen LogP contribution in [0.4, 0.5) is 0 Å². The van der Waals surface area contributed by atoms with Crippen molar-refractivity contribution in [3.63, 3.8) is 0 Å². The predicted molar refractivity (Wildman–Crippen MR) is 113 cm³/mol. The lowest BCUT2D eigenvalue weighted by molar-refractivity contribution is -0.151. The number of halogens is 1. The Labute approximate surface area is 183 Å². The number of amides is 1. The SMILES string of the molecule is CCN(CC)S(=O)(=O)c1cc(C(=O)OC(C)C(=O)N2CC(C)OC(C)C2)ccc1Cl. The molecular formula is C20H29ClN2O6S. The second-order valence-electron chi connectivity index (χ2n) is 7.28. The highest BCUT2D eigenvalue weighted by molar-refractivity contribution is 7.89. The summed E-state index contributed by atoms with van der Waals surface area (Å²) in [5, 5.41) is 0.0128. The summed E-state index contributed by atoms with van der Waals surface area (Å²) in [4.78, 5) is 26.7. The van der Waals surface area contributed by atoms with E-state index in [1.807, 2.05) is 13.8 Å². The summed E-state index contributed by atoms with van der Waals surface area (Å²) in [6.07, 6.45) is -1.23. The van der Waals surface area contributed by atoms with Crippen LogP contribution in [0.5, 0.6) is 0 Å². The van der Waals surface area contributed by atoms with Gasteiger partial charge in [-0.1, -0.05) is 25.4 Å². The molecule has 0 N–H and O–H groups in total. The molecule has 1 fully saturated rings. The van der Waals surface area contributed by atoms with E-state index in [-0.39, 0.29) is 46.7 Å². The summed E-state index contributed by atoms with van der Waals surface area (Å²) in [6.45, 7) is 10.0. The van der Waals surface area contributed by atoms with Crippen molar-refractivity contribution in [3.05, 3.63) is 28.8 Å². The van der Waals surface area contributed by atoms with E-state index < -0.39 is 22.1 Å². The van der Waals surface area contributed by atoms with Gasteiger partial charge in [0.15, 0.2) is 6.10 Å². The first-order chi connectivity index (χ1) is 14.0. The molecule has 0 bridgehead atoms. The highest BCUT2D eigenvalue weighted by Crippen LogP contribution is 2.26. The number of esters is 1. The molecule has 0 aromatic heterocycles. The molecule has 1 saturated heterocycles. The van der Waals surface area contributed by atoms with Crippen LogP contribution < -0.4 is 0 Å². The number of carbonyl (C=O) groups excluding carboxylic acids is 2. The molecule has 3 unspecified atom stereocenters. The molecule has 1 aliphatic rings. The van der Waals surface area contributed by atoms with Gasteiger partial charge in [-0.15, -0.1) is 0 Å². The minimum atomic E-state index is -3.86. The first kappa shape index (κ1) is 24.6. The van der Waals surface area contributed by atoms with Crippen LogP contribution >= 0.6 is 11.6 Å². The summed E-state index contributed by atoms with van der Waals surface area (Å²) in [6, 6.07) is 3.91. The zero-order chi connectivity index (χ0) is 22.6. The Hall–Kier alpha value is -1.68. The minimum Gasteiger partial charge on any atom is -0.449 e. The van der Waals surface area contributed by atoms with Gasteiger partial charge in [0.1, 0.15) is 4.90 Å². The average Bonchev–Trinajstić information content (AvgIpc) is 2.67. The Bertz CT molecular complexity index is 877. The fourth-order valence-electron chi connectivity index (χ4n) is 3.42. The quantitative estimate of drug-likeness (QED) is 0.580. The number of carbonyl (C=O) groups is 2. The van der Waals surface area contributed by atoms with Crippen LogP contribution in [0.1, 0.15) is 45.0 Å². The van der Waals surface area contributed by atoms with Crippen LogP contribution in [-0.2, 0) is 24.3 Å². The fraction of sp³-hybridized carbons (Fsp3) is 0.600. The normalized spacial score (nSPS) is 20.8. The van der Waals surface area contributed by atoms with Crippen molar-refractivity contribution in [2.75, 3.05) is 26.2 Å². The van der Waals surface area contributed by atoms with Crippen molar-refractivity contribution >= 4 is 33.5 Å². The molecule has 1 amide bonds. The number of nitrogens with zero attached hydrogens (tertiary/aromatic N) is 2. The van der Waals surface area contributed by atoms with E-state index in [2.05, 4.69) is 0 Å². The number of hydrogen-bond acceptors (Lipinski definition) is 6. The smallest absolute Gasteiger partial charge is 0.338 e. The maximum absolute atomic E-state index is 12.8. The maximum atomic E-state index is 12.8. The van der Waals surface area contributed by atoms with E-state index in [0.717, 1.165) is 0 Å². The van der Waals surface area contributed by atoms with Gasteiger partial charge in [-0.25, -0.2) is 13.2 Å². The van der Waals surface area contributed by atoms with Gasteiger partial charge in [0, 0.05) is 26.2 Å². The van der Waals surface area contributed by atoms with Crippen molar-refractivity contribution in [2.24, 2.45) is 0 Å². The first-order valence-corrected chi connectivity index (χ1v) is 11.8. The van der Waals surface area contributed by atoms with Crippen LogP contribution in [0.3, 0.4) is 0 Å². The van der Waals surface area contributed by atoms with E-state index >= 15 is 0 Å². The molecule has 30 heavy (non-hydrogen) atoms. The summed E-state index contributed by atoms with van der Waals surface area (Å²) >= 11 is 6.10. The van der Waals surface area contributed by atoms with Crippen molar-refractivity contribution < 1.29 is 27.5 Å². The first-order valence-electron chi connectivity index (χ1n) is 9.96. The Kier molecular flexibility index (Phi) is 8.27. The second kappa shape index (κ2) is 10.1. The second-order valence-corrected chi connectivity index (χ2v) is 9.60. The Morgan fingerprint density at radius 1 is 1.23 bits per heavy atom. The topological polar surface area (TPSA) is 93.2 Å². The molecule has 2 rings (SSSR count). The molecule has 168 valence electrons. The Balaban J connectivity index is 2.18. The monoisotopic (exact) mass is 460 g/mol. The lowest BCUT2D eigenvalue weighted by atomic mass is 10.2. The molecule has 0 spiro atoms. The standard InChI is InChI=1S/C20H29ClN2O6S/c1-6-23(7-2)30(26,27)18-10-16(8-9-17(18)21)20(25)29-15(5)19(24)22-11-13(3)28-14(4)12-22/h8-10,13-15H,6-7,11-12H2,1-5H3. The van der Waals surface area contributed by atoms with Crippen LogP contribution in [0.15, 0.2) is 23.1 Å². The third-order valence-corrected chi connectivity index (χ3v) is 7.38. The van der Waals surface area contributed by atoms with E-state index in [1.165, 1.54) is 29.4 Å². The van der Waals surface area contributed by atoms with E-state index in [4.69, 9.17) is 21.1 Å². The molecule has 1 aliphatic heterocycles. The number of hydrogen-bond donors (Lipinski definition) is 0. The molecule has 0 aliphatic carbocycles. The number of rotatable bonds is 7. The third kappa shape index (κ3) is 5.51. The number of sulfonamides is 1. The lowest BCUT2D eigenvalue weighted by Crippen LogP contribution is -2.51. The van der Waals surface area contributed by atoms with Crippen molar-refractivity contribution in [2.45, 2.75) is 57.8 Å². The van der Waals surface area contributed by atoms with Crippen LogP contribution in [-0.4, -0.2) is 74.0 Å². The van der Waals surface area contributed by atoms with Gasteiger partial charge in [-0.05, 0) is 39.0 Å². The molecule has 0 saturated carbocycles. The Morgan fingerprint density at radius 2 is 1.80 bits per heavy atom. The molecule has 10 heteroatoms. The van der Waals surface area contributed by atoms with Crippen LogP contribution in [0.25, 0.3) is 0 Å². The zero-order valence-corrected chi connectivity index (χ0v) is 19.5. The van der Waals surface area contributed by atoms with Gasteiger partial charge < -0.3 is 14.4 Å². The molecule has 0 radical (unpaired) electrons. The molecule has 3 atom stereocenters. The van der Waals surface area contributed by atoms with Gasteiger partial charge in [-0.2, -0.15) is 4.31 Å². The highest BCUT2D eigenvalue weighted by Gasteiger charge is 2.31. The summed E-state index contributed by atoms with van der Waals surface area (Å²) in [7, 11) is -3.86. The highest BCUT2D eigenvalue weighted by atomic mass is 35.5. The van der Waals surface area contributed by atoms with E-state index in [1.54, 1.807) is 18.7 Å². The van der Waals surface area contributed by atoms with Crippen LogP contribution in [0.2, 0.25) is 5.02 Å². The van der Waals surface area contributed by atoms with Crippen molar-refractivity contribution in [1.82, 2.24) is 9.21 Å². The van der Waals surface area contributed by atoms with E-state index in [9.17, 15) is 18.0 Å². The largest absolute Gasteiger partial charge is 0.449 e. The van der Waals surface area contributed by atoms with Gasteiger partial charge in [-0.3, -0.25) is 4.79 Å². The van der Waals surface area contributed by atoms with Gasteiger partial charge >= 0.3 is 5.97 Å². The van der Waals surface area contributed by atoms with E-state index in [0.29, 0.717) is 13.1 Å². The summed E-state index contributed by atoms with van der Waals surface area (Å²) in [5.41, 5.74) is 0.00787. The number of benzene rings is 1. The van der Waals surface area contributed by atoms with Gasteiger partial charge in [0.05, 0.1) is 22.8 Å². The Morgan fingerprint density at radius 3 is 2.33 bits per heavy atom. The van der Waals surface area contributed by atoms with Crippen molar-refractivity contribution in [1.29, 1.82) is 0 Å². The molecule has 1 aromatic carbocycles. The summed E-state index contributed by atoms with van der Waals surface area (Å²) in [5.74, 6) is -1.12. The zero-order valence-electron chi connectivity index (χ0n) is 17.9.